The Morgan fingerprint density at radius 3 is 2.42 bits per heavy atom. The van der Waals surface area contributed by atoms with Gasteiger partial charge in [0.1, 0.15) is 0 Å². The summed E-state index contributed by atoms with van der Waals surface area (Å²) in [5.41, 5.74) is 1.41. The number of carbonyl (C=O) groups is 3. The monoisotopic (exact) mass is 450 g/mol. The molecule has 0 saturated carbocycles. The number of urea groups is 1. The average Bonchev–Trinajstić information content (AvgIpc) is 2.74. The van der Waals surface area contributed by atoms with E-state index in [-0.39, 0.29) is 12.7 Å². The van der Waals surface area contributed by atoms with E-state index in [1.165, 1.54) is 0 Å². The Labute approximate surface area is 186 Å². The highest BCUT2D eigenvalue weighted by atomic mass is 35.5. The first-order chi connectivity index (χ1) is 14.9. The first kappa shape index (κ1) is 22.9. The molecule has 0 radical (unpaired) electrons. The van der Waals surface area contributed by atoms with Crippen molar-refractivity contribution in [2.24, 2.45) is 0 Å². The second-order valence-corrected chi connectivity index (χ2v) is 7.54. The SMILES string of the molecule is CCOC(=O)C1=C(CN2CCN(C(=O)OCC)CC2)NC(=O)NC1c1ccccc1Cl. The Morgan fingerprint density at radius 1 is 1.10 bits per heavy atom. The maximum Gasteiger partial charge on any atom is 0.409 e. The lowest BCUT2D eigenvalue weighted by Crippen LogP contribution is -2.52. The standard InChI is InChI=1S/C21H27ClN4O5/c1-3-30-19(27)17-16(13-25-9-11-26(12-10-25)21(29)31-4-2)23-20(28)24-18(17)14-7-5-6-8-15(14)22/h5-8,18H,3-4,9-13H2,1-2H3,(H2,23,24,28). The lowest BCUT2D eigenvalue weighted by Gasteiger charge is -2.36. The van der Waals surface area contributed by atoms with E-state index in [1.807, 2.05) is 0 Å². The van der Waals surface area contributed by atoms with E-state index in [4.69, 9.17) is 21.1 Å². The van der Waals surface area contributed by atoms with Crippen LogP contribution in [0.1, 0.15) is 25.5 Å². The van der Waals surface area contributed by atoms with Crippen molar-refractivity contribution in [1.82, 2.24) is 20.4 Å². The first-order valence-electron chi connectivity index (χ1n) is 10.3. The minimum atomic E-state index is -0.725. The normalized spacial score (nSPS) is 19.5. The molecule has 1 aromatic carbocycles. The molecule has 1 atom stereocenters. The maximum atomic E-state index is 12.9. The van der Waals surface area contributed by atoms with E-state index >= 15 is 0 Å². The van der Waals surface area contributed by atoms with Crippen LogP contribution in [0.3, 0.4) is 0 Å². The van der Waals surface area contributed by atoms with Crippen molar-refractivity contribution in [3.63, 3.8) is 0 Å². The molecular weight excluding hydrogens is 424 g/mol. The van der Waals surface area contributed by atoms with Gasteiger partial charge in [-0.15, -0.1) is 0 Å². The van der Waals surface area contributed by atoms with Crippen LogP contribution in [0.5, 0.6) is 0 Å². The Morgan fingerprint density at radius 2 is 1.77 bits per heavy atom. The Balaban J connectivity index is 1.85. The van der Waals surface area contributed by atoms with Crippen molar-refractivity contribution in [3.8, 4) is 0 Å². The molecule has 2 N–H and O–H groups in total. The zero-order chi connectivity index (χ0) is 22.4. The van der Waals surface area contributed by atoms with Gasteiger partial charge >= 0.3 is 18.1 Å². The van der Waals surface area contributed by atoms with Gasteiger partial charge in [-0.05, 0) is 25.5 Å². The predicted octanol–water partition coefficient (Wildman–Crippen LogP) is 2.29. The van der Waals surface area contributed by atoms with Crippen LogP contribution >= 0.6 is 11.6 Å². The summed E-state index contributed by atoms with van der Waals surface area (Å²) in [4.78, 5) is 40.9. The molecule has 2 aliphatic heterocycles. The lowest BCUT2D eigenvalue weighted by molar-refractivity contribution is -0.139. The molecule has 9 nitrogen and oxygen atoms in total. The molecule has 10 heteroatoms. The molecule has 0 spiro atoms. The van der Waals surface area contributed by atoms with E-state index in [2.05, 4.69) is 15.5 Å². The number of benzene rings is 1. The maximum absolute atomic E-state index is 12.9. The average molecular weight is 451 g/mol. The second-order valence-electron chi connectivity index (χ2n) is 7.13. The predicted molar refractivity (Wildman–Crippen MR) is 115 cm³/mol. The van der Waals surface area contributed by atoms with E-state index in [1.54, 1.807) is 43.0 Å². The zero-order valence-electron chi connectivity index (χ0n) is 17.7. The molecule has 1 fully saturated rings. The number of carbonyl (C=O) groups excluding carboxylic acids is 3. The van der Waals surface area contributed by atoms with Crippen LogP contribution in [0.2, 0.25) is 5.02 Å². The van der Waals surface area contributed by atoms with E-state index < -0.39 is 18.0 Å². The summed E-state index contributed by atoms with van der Waals surface area (Å²) in [7, 11) is 0. The van der Waals surface area contributed by atoms with Crippen molar-refractivity contribution in [1.29, 1.82) is 0 Å². The van der Waals surface area contributed by atoms with Gasteiger partial charge in [0.2, 0.25) is 0 Å². The van der Waals surface area contributed by atoms with Crippen LogP contribution in [0.25, 0.3) is 0 Å². The number of amides is 3. The summed E-state index contributed by atoms with van der Waals surface area (Å²) in [6, 6.07) is 5.92. The second kappa shape index (κ2) is 10.5. The number of nitrogens with zero attached hydrogens (tertiary/aromatic N) is 2. The number of ether oxygens (including phenoxy) is 2. The Bertz CT molecular complexity index is 867. The summed E-state index contributed by atoms with van der Waals surface area (Å²) in [6.07, 6.45) is -0.331. The minimum absolute atomic E-state index is 0.205. The van der Waals surface area contributed by atoms with Crippen molar-refractivity contribution in [3.05, 3.63) is 46.1 Å². The molecule has 2 heterocycles. The number of piperazine rings is 1. The number of halogens is 1. The van der Waals surface area contributed by atoms with Gasteiger partial charge in [0.25, 0.3) is 0 Å². The first-order valence-corrected chi connectivity index (χ1v) is 10.7. The molecule has 2 aliphatic rings. The number of hydrogen-bond donors (Lipinski definition) is 2. The molecule has 3 rings (SSSR count). The van der Waals surface area contributed by atoms with Gasteiger partial charge in [-0.1, -0.05) is 29.8 Å². The van der Waals surface area contributed by atoms with Crippen molar-refractivity contribution < 1.29 is 23.9 Å². The number of esters is 1. The highest BCUT2D eigenvalue weighted by Gasteiger charge is 2.35. The van der Waals surface area contributed by atoms with Gasteiger partial charge in [0.05, 0.1) is 24.8 Å². The summed E-state index contributed by atoms with van der Waals surface area (Å²) < 4.78 is 10.3. The number of nitrogens with one attached hydrogen (secondary N) is 2. The van der Waals surface area contributed by atoms with Gasteiger partial charge < -0.3 is 25.0 Å². The largest absolute Gasteiger partial charge is 0.463 e. The number of rotatable bonds is 6. The quantitative estimate of drug-likeness (QED) is 0.645. The molecule has 1 saturated heterocycles. The Kier molecular flexibility index (Phi) is 7.75. The summed E-state index contributed by atoms with van der Waals surface area (Å²) >= 11 is 6.36. The molecular formula is C21H27ClN4O5. The fourth-order valence-corrected chi connectivity index (χ4v) is 3.91. The molecule has 0 aromatic heterocycles. The van der Waals surface area contributed by atoms with Crippen LogP contribution in [0.4, 0.5) is 9.59 Å². The zero-order valence-corrected chi connectivity index (χ0v) is 18.4. The smallest absolute Gasteiger partial charge is 0.409 e. The van der Waals surface area contributed by atoms with Gasteiger partial charge in [-0.3, -0.25) is 4.90 Å². The molecule has 1 aromatic rings. The summed E-state index contributed by atoms with van der Waals surface area (Å²) in [6.45, 7) is 6.53. The van der Waals surface area contributed by atoms with Crippen LogP contribution < -0.4 is 10.6 Å². The van der Waals surface area contributed by atoms with E-state index in [0.717, 1.165) is 0 Å². The molecule has 1 unspecified atom stereocenters. The van der Waals surface area contributed by atoms with Gasteiger partial charge in [0, 0.05) is 43.4 Å². The third kappa shape index (κ3) is 5.48. The van der Waals surface area contributed by atoms with Crippen molar-refractivity contribution in [2.75, 3.05) is 45.9 Å². The highest BCUT2D eigenvalue weighted by Crippen LogP contribution is 2.32. The minimum Gasteiger partial charge on any atom is -0.463 e. The van der Waals surface area contributed by atoms with E-state index in [0.29, 0.717) is 61.2 Å². The third-order valence-corrected chi connectivity index (χ3v) is 5.49. The van der Waals surface area contributed by atoms with Crippen molar-refractivity contribution in [2.45, 2.75) is 19.9 Å². The molecule has 168 valence electrons. The summed E-state index contributed by atoms with van der Waals surface area (Å²) in [5.74, 6) is -0.514. The van der Waals surface area contributed by atoms with Gasteiger partial charge in [-0.25, -0.2) is 14.4 Å². The lowest BCUT2D eigenvalue weighted by atomic mass is 9.95. The molecule has 0 aliphatic carbocycles. The number of hydrogen-bond acceptors (Lipinski definition) is 6. The van der Waals surface area contributed by atoms with E-state index in [9.17, 15) is 14.4 Å². The topological polar surface area (TPSA) is 100 Å². The summed E-state index contributed by atoms with van der Waals surface area (Å²) in [5, 5.41) is 5.99. The highest BCUT2D eigenvalue weighted by molar-refractivity contribution is 6.31. The van der Waals surface area contributed by atoms with Crippen LogP contribution in [-0.4, -0.2) is 73.8 Å². The molecule has 3 amide bonds. The Hall–Kier alpha value is -2.78. The van der Waals surface area contributed by atoms with Gasteiger partial charge in [0.15, 0.2) is 0 Å². The fraction of sp³-hybridized carbons (Fsp3) is 0.476. The fourth-order valence-electron chi connectivity index (χ4n) is 3.66. The van der Waals surface area contributed by atoms with Crippen LogP contribution in [0.15, 0.2) is 35.5 Å². The van der Waals surface area contributed by atoms with Crippen molar-refractivity contribution >= 4 is 29.7 Å². The van der Waals surface area contributed by atoms with Crippen LogP contribution in [-0.2, 0) is 14.3 Å². The third-order valence-electron chi connectivity index (χ3n) is 5.15. The van der Waals surface area contributed by atoms with Crippen LogP contribution in [0, 0.1) is 0 Å². The molecule has 0 bridgehead atoms. The van der Waals surface area contributed by atoms with Gasteiger partial charge in [-0.2, -0.15) is 0 Å². The molecule has 31 heavy (non-hydrogen) atoms.